The van der Waals surface area contributed by atoms with Crippen LogP contribution in [0.2, 0.25) is 4.34 Å². The fourth-order valence-corrected chi connectivity index (χ4v) is 2.47. The molecule has 1 aliphatic carbocycles. The summed E-state index contributed by atoms with van der Waals surface area (Å²) in [7, 11) is 0. The van der Waals surface area contributed by atoms with Gasteiger partial charge in [0.15, 0.2) is 0 Å². The zero-order valence-corrected chi connectivity index (χ0v) is 7.37. The van der Waals surface area contributed by atoms with E-state index in [0.717, 1.165) is 9.90 Å². The summed E-state index contributed by atoms with van der Waals surface area (Å²) in [6.07, 6.45) is 2.46. The Balaban J connectivity index is 2.44. The van der Waals surface area contributed by atoms with Gasteiger partial charge in [-0.15, -0.1) is 11.3 Å². The van der Waals surface area contributed by atoms with Crippen molar-refractivity contribution in [2.75, 3.05) is 0 Å². The van der Waals surface area contributed by atoms with Crippen molar-refractivity contribution in [2.45, 2.75) is 18.8 Å². The van der Waals surface area contributed by atoms with Gasteiger partial charge >= 0.3 is 0 Å². The van der Waals surface area contributed by atoms with Gasteiger partial charge in [-0.05, 0) is 24.8 Å². The Hall–Kier alpha value is -0.520. The van der Waals surface area contributed by atoms with E-state index in [0.29, 0.717) is 5.92 Å². The summed E-state index contributed by atoms with van der Waals surface area (Å²) in [6.45, 7) is 0. The van der Waals surface area contributed by atoms with Crippen LogP contribution in [0.5, 0.6) is 0 Å². The SMILES string of the molecule is N#Cc1cc(Cl)sc1C1CC1. The Morgan fingerprint density at radius 1 is 1.64 bits per heavy atom. The highest BCUT2D eigenvalue weighted by Gasteiger charge is 2.28. The summed E-state index contributed by atoms with van der Waals surface area (Å²) in [5.41, 5.74) is 0.780. The van der Waals surface area contributed by atoms with Crippen LogP contribution in [-0.2, 0) is 0 Å². The molecule has 0 aliphatic heterocycles. The lowest BCUT2D eigenvalue weighted by atomic mass is 10.2. The van der Waals surface area contributed by atoms with Gasteiger partial charge in [-0.1, -0.05) is 11.6 Å². The van der Waals surface area contributed by atoms with E-state index in [1.165, 1.54) is 17.7 Å². The molecule has 0 atom stereocenters. The predicted molar refractivity (Wildman–Crippen MR) is 46.0 cm³/mol. The van der Waals surface area contributed by atoms with Gasteiger partial charge in [-0.25, -0.2) is 0 Å². The van der Waals surface area contributed by atoms with Crippen LogP contribution in [0, 0.1) is 11.3 Å². The third-order valence-electron chi connectivity index (χ3n) is 1.80. The Morgan fingerprint density at radius 2 is 2.36 bits per heavy atom. The zero-order valence-electron chi connectivity index (χ0n) is 5.80. The molecule has 1 heterocycles. The molecule has 1 aromatic heterocycles. The average molecular weight is 184 g/mol. The van der Waals surface area contributed by atoms with Crippen molar-refractivity contribution < 1.29 is 0 Å². The zero-order chi connectivity index (χ0) is 7.84. The van der Waals surface area contributed by atoms with Gasteiger partial charge in [0, 0.05) is 4.88 Å². The van der Waals surface area contributed by atoms with Gasteiger partial charge in [-0.2, -0.15) is 5.26 Å². The Labute approximate surface area is 74.2 Å². The number of rotatable bonds is 1. The standard InChI is InChI=1S/C8H6ClNS/c9-7-3-6(4-10)8(11-7)5-1-2-5/h3,5H,1-2H2. The van der Waals surface area contributed by atoms with Gasteiger partial charge in [0.2, 0.25) is 0 Å². The number of hydrogen-bond donors (Lipinski definition) is 0. The lowest BCUT2D eigenvalue weighted by Crippen LogP contribution is -1.75. The van der Waals surface area contributed by atoms with Gasteiger partial charge in [0.1, 0.15) is 6.07 Å². The summed E-state index contributed by atoms with van der Waals surface area (Å²) in [4.78, 5) is 1.19. The van der Waals surface area contributed by atoms with Crippen molar-refractivity contribution in [3.05, 3.63) is 20.8 Å². The first-order valence-corrected chi connectivity index (χ1v) is 4.70. The first kappa shape index (κ1) is 7.15. The maximum atomic E-state index is 8.71. The molecule has 56 valence electrons. The number of hydrogen-bond acceptors (Lipinski definition) is 2. The molecule has 0 unspecified atom stereocenters. The van der Waals surface area contributed by atoms with E-state index in [2.05, 4.69) is 6.07 Å². The molecule has 0 saturated heterocycles. The molecule has 1 saturated carbocycles. The summed E-state index contributed by atoms with van der Waals surface area (Å²) in [5, 5.41) is 8.71. The smallest absolute Gasteiger partial charge is 0.100 e. The van der Waals surface area contributed by atoms with Crippen LogP contribution in [0.25, 0.3) is 0 Å². The van der Waals surface area contributed by atoms with Crippen molar-refractivity contribution in [1.82, 2.24) is 0 Å². The molecule has 0 amide bonds. The Morgan fingerprint density at radius 3 is 2.91 bits per heavy atom. The molecule has 11 heavy (non-hydrogen) atoms. The molecule has 1 aromatic rings. The van der Waals surface area contributed by atoms with Crippen LogP contribution >= 0.6 is 22.9 Å². The Kier molecular flexibility index (Phi) is 1.63. The number of halogens is 1. The second-order valence-electron chi connectivity index (χ2n) is 2.71. The van der Waals surface area contributed by atoms with E-state index in [-0.39, 0.29) is 0 Å². The van der Waals surface area contributed by atoms with E-state index in [4.69, 9.17) is 16.9 Å². The molecule has 0 aromatic carbocycles. The molecule has 3 heteroatoms. The first-order chi connectivity index (χ1) is 5.31. The lowest BCUT2D eigenvalue weighted by molar-refractivity contribution is 1.17. The van der Waals surface area contributed by atoms with E-state index >= 15 is 0 Å². The van der Waals surface area contributed by atoms with Crippen molar-refractivity contribution in [1.29, 1.82) is 5.26 Å². The normalized spacial score (nSPS) is 16.4. The minimum Gasteiger partial charge on any atom is -0.192 e. The van der Waals surface area contributed by atoms with Gasteiger partial charge < -0.3 is 0 Å². The molecule has 0 spiro atoms. The third-order valence-corrected chi connectivity index (χ3v) is 3.23. The van der Waals surface area contributed by atoms with Gasteiger partial charge in [0.05, 0.1) is 9.90 Å². The molecular formula is C8H6ClNS. The molecule has 1 aliphatic rings. The van der Waals surface area contributed by atoms with Gasteiger partial charge in [-0.3, -0.25) is 0 Å². The van der Waals surface area contributed by atoms with Crippen molar-refractivity contribution in [3.63, 3.8) is 0 Å². The second-order valence-corrected chi connectivity index (χ2v) is 4.43. The average Bonchev–Trinajstić information content (AvgIpc) is 2.75. The summed E-state index contributed by atoms with van der Waals surface area (Å²) in [5.74, 6) is 0.641. The van der Waals surface area contributed by atoms with Crippen LogP contribution in [0.1, 0.15) is 29.2 Å². The highest BCUT2D eigenvalue weighted by Crippen LogP contribution is 2.46. The molecule has 0 N–H and O–H groups in total. The lowest BCUT2D eigenvalue weighted by Gasteiger charge is -1.88. The van der Waals surface area contributed by atoms with Crippen molar-refractivity contribution >= 4 is 22.9 Å². The molecule has 0 radical (unpaired) electrons. The fraction of sp³-hybridized carbons (Fsp3) is 0.375. The topological polar surface area (TPSA) is 23.8 Å². The summed E-state index contributed by atoms with van der Waals surface area (Å²) < 4.78 is 0.739. The van der Waals surface area contributed by atoms with E-state index in [1.807, 2.05) is 0 Å². The number of nitriles is 1. The molecule has 0 bridgehead atoms. The largest absolute Gasteiger partial charge is 0.192 e. The van der Waals surface area contributed by atoms with Crippen LogP contribution < -0.4 is 0 Å². The molecule has 2 rings (SSSR count). The van der Waals surface area contributed by atoms with E-state index < -0.39 is 0 Å². The maximum Gasteiger partial charge on any atom is 0.100 e. The molecule has 1 fully saturated rings. The minimum atomic E-state index is 0.641. The highest BCUT2D eigenvalue weighted by molar-refractivity contribution is 7.16. The summed E-state index contributed by atoms with van der Waals surface area (Å²) >= 11 is 7.34. The summed E-state index contributed by atoms with van der Waals surface area (Å²) in [6, 6.07) is 3.93. The monoisotopic (exact) mass is 183 g/mol. The third kappa shape index (κ3) is 1.26. The van der Waals surface area contributed by atoms with Crippen LogP contribution in [0.3, 0.4) is 0 Å². The van der Waals surface area contributed by atoms with Crippen molar-refractivity contribution in [3.8, 4) is 6.07 Å². The van der Waals surface area contributed by atoms with E-state index in [1.54, 1.807) is 17.4 Å². The fourth-order valence-electron chi connectivity index (χ4n) is 1.11. The second kappa shape index (κ2) is 2.51. The number of nitrogens with zero attached hydrogens (tertiary/aromatic N) is 1. The maximum absolute atomic E-state index is 8.71. The minimum absolute atomic E-state index is 0.641. The predicted octanol–water partition coefficient (Wildman–Crippen LogP) is 3.15. The Bertz CT molecular complexity index is 319. The quantitative estimate of drug-likeness (QED) is 0.656. The number of thiophene rings is 1. The highest BCUT2D eigenvalue weighted by atomic mass is 35.5. The van der Waals surface area contributed by atoms with E-state index in [9.17, 15) is 0 Å². The molecular weight excluding hydrogens is 178 g/mol. The van der Waals surface area contributed by atoms with Gasteiger partial charge in [0.25, 0.3) is 0 Å². The van der Waals surface area contributed by atoms with Crippen LogP contribution in [0.15, 0.2) is 6.07 Å². The van der Waals surface area contributed by atoms with Crippen molar-refractivity contribution in [2.24, 2.45) is 0 Å². The molecule has 1 nitrogen and oxygen atoms in total. The van der Waals surface area contributed by atoms with Crippen LogP contribution in [-0.4, -0.2) is 0 Å². The van der Waals surface area contributed by atoms with Crippen LogP contribution in [0.4, 0.5) is 0 Å². The first-order valence-electron chi connectivity index (χ1n) is 3.50.